The summed E-state index contributed by atoms with van der Waals surface area (Å²) in [6, 6.07) is 29.7. The SMILES string of the molecule is CCCCCCCCCCCCCCCC(=O)OC[C@H]1O[C@H](O[C@H]2O[C@H](COC(=O)CCCCCCCCCCCCCCC)[C@@H](OCc3ccccc3)[C@H](OCc3ccccc3)[C@H]2O[Si](C)(C)C(C)(C)C)[C@H](OC(=O)CCCCCCCCCCCCCCC)[C@@H](OC(=O)CCCCCCCCCCCCCCC)[C@@H]1OCc1ccccc1. The first-order valence-electron chi connectivity index (χ1n) is 49.4. The van der Waals surface area contributed by atoms with Crippen LogP contribution < -0.4 is 0 Å². The second-order valence-electron chi connectivity index (χ2n) is 36.6. The van der Waals surface area contributed by atoms with Gasteiger partial charge in [-0.15, -0.1) is 0 Å². The number of esters is 4. The zero-order valence-corrected chi connectivity index (χ0v) is 78.2. The van der Waals surface area contributed by atoms with E-state index in [2.05, 4.69) is 61.6 Å². The predicted octanol–water partition coefficient (Wildman–Crippen LogP) is 28.4. The van der Waals surface area contributed by atoms with Gasteiger partial charge in [0.05, 0.1) is 19.8 Å². The number of rotatable bonds is 75. The molecule has 2 saturated heterocycles. The first kappa shape index (κ1) is 105. The van der Waals surface area contributed by atoms with Crippen molar-refractivity contribution in [1.82, 2.24) is 0 Å². The number of hydrogen-bond acceptors (Lipinski definition) is 15. The van der Waals surface area contributed by atoms with E-state index in [-0.39, 0.29) is 75.7 Å². The Kier molecular flexibility index (Phi) is 59.9. The van der Waals surface area contributed by atoms with Crippen molar-refractivity contribution in [2.75, 3.05) is 13.2 Å². The molecule has 0 N–H and O–H groups in total. The largest absolute Gasteiger partial charge is 0.463 e. The fourth-order valence-corrected chi connectivity index (χ4v) is 17.5. The Morgan fingerprint density at radius 2 is 0.529 bits per heavy atom. The number of benzene rings is 3. The lowest BCUT2D eigenvalue weighted by Gasteiger charge is -2.51. The Morgan fingerprint density at radius 1 is 0.294 bits per heavy atom. The molecule has 0 amide bonds. The highest BCUT2D eigenvalue weighted by Crippen LogP contribution is 2.43. The molecule has 0 aromatic heterocycles. The summed E-state index contributed by atoms with van der Waals surface area (Å²) in [5.74, 6) is -1.73. The second kappa shape index (κ2) is 67.8. The third kappa shape index (κ3) is 48.5. The molecule has 0 radical (unpaired) electrons. The van der Waals surface area contributed by atoms with E-state index in [0.29, 0.717) is 25.7 Å². The molecule has 680 valence electrons. The highest BCUT2D eigenvalue weighted by molar-refractivity contribution is 6.74. The van der Waals surface area contributed by atoms with Crippen LogP contribution in [0.2, 0.25) is 18.1 Å². The Labute approximate surface area is 727 Å². The summed E-state index contributed by atoms with van der Waals surface area (Å²) >= 11 is 0. The van der Waals surface area contributed by atoms with Gasteiger partial charge in [0.1, 0.15) is 49.8 Å². The number of ether oxygens (including phenoxy) is 10. The minimum atomic E-state index is -2.90. The highest BCUT2D eigenvalue weighted by atomic mass is 28.4. The van der Waals surface area contributed by atoms with E-state index in [1.807, 2.05) is 91.0 Å². The molecule has 15 nitrogen and oxygen atoms in total. The van der Waals surface area contributed by atoms with Gasteiger partial charge in [-0.3, -0.25) is 19.2 Å². The van der Waals surface area contributed by atoms with Crippen LogP contribution in [-0.2, 0) is 90.8 Å². The van der Waals surface area contributed by atoms with Crippen LogP contribution in [-0.4, -0.2) is 107 Å². The number of hydrogen-bond donors (Lipinski definition) is 0. The lowest BCUT2D eigenvalue weighted by molar-refractivity contribution is -0.382. The van der Waals surface area contributed by atoms with Gasteiger partial charge in [-0.1, -0.05) is 448 Å². The van der Waals surface area contributed by atoms with Crippen molar-refractivity contribution in [2.45, 2.75) is 507 Å². The van der Waals surface area contributed by atoms with Crippen molar-refractivity contribution in [1.29, 1.82) is 0 Å². The van der Waals surface area contributed by atoms with Crippen molar-refractivity contribution in [2.24, 2.45) is 0 Å². The van der Waals surface area contributed by atoms with E-state index < -0.39 is 81.7 Å². The monoisotopic (exact) mass is 1680 g/mol. The summed E-state index contributed by atoms with van der Waals surface area (Å²) < 4.78 is 77.7. The fourth-order valence-electron chi connectivity index (χ4n) is 16.2. The molecule has 0 aliphatic carbocycles. The van der Waals surface area contributed by atoms with Crippen molar-refractivity contribution >= 4 is 32.2 Å². The first-order chi connectivity index (χ1) is 58.1. The Morgan fingerprint density at radius 3 is 0.807 bits per heavy atom. The maximum atomic E-state index is 15.1. The summed E-state index contributed by atoms with van der Waals surface area (Å²) in [7, 11) is -2.90. The maximum absolute atomic E-state index is 15.1. The molecule has 0 unspecified atom stereocenters. The average molecular weight is 1680 g/mol. The molecule has 0 spiro atoms. The Balaban J connectivity index is 1.55. The molecule has 2 fully saturated rings. The van der Waals surface area contributed by atoms with E-state index in [4.69, 9.17) is 51.8 Å². The molecule has 3 aromatic rings. The van der Waals surface area contributed by atoms with Gasteiger partial charge in [-0.05, 0) is 60.5 Å². The molecule has 2 heterocycles. The van der Waals surface area contributed by atoms with E-state index in [1.165, 1.54) is 225 Å². The molecule has 2 aliphatic heterocycles. The van der Waals surface area contributed by atoms with Crippen molar-refractivity contribution in [3.8, 4) is 0 Å². The minimum absolute atomic E-state index is 0.0645. The zero-order chi connectivity index (χ0) is 85.3. The van der Waals surface area contributed by atoms with Gasteiger partial charge in [-0.25, -0.2) is 0 Å². The van der Waals surface area contributed by atoms with Crippen LogP contribution in [0, 0.1) is 0 Å². The second-order valence-corrected chi connectivity index (χ2v) is 41.4. The first-order valence-corrected chi connectivity index (χ1v) is 52.3. The lowest BCUT2D eigenvalue weighted by Crippen LogP contribution is -2.67. The van der Waals surface area contributed by atoms with Crippen molar-refractivity contribution in [3.63, 3.8) is 0 Å². The lowest BCUT2D eigenvalue weighted by atomic mass is 9.96. The summed E-state index contributed by atoms with van der Waals surface area (Å²) in [6.45, 7) is 19.8. The van der Waals surface area contributed by atoms with Gasteiger partial charge in [-0.2, -0.15) is 0 Å². The molecule has 3 aromatic carbocycles. The van der Waals surface area contributed by atoms with E-state index >= 15 is 9.59 Å². The van der Waals surface area contributed by atoms with Crippen molar-refractivity contribution in [3.05, 3.63) is 108 Å². The molecule has 5 rings (SSSR count). The highest BCUT2D eigenvalue weighted by Gasteiger charge is 2.57. The fraction of sp³-hybridized carbons (Fsp3) is 0.786. The maximum Gasteiger partial charge on any atom is 0.306 e. The van der Waals surface area contributed by atoms with Crippen LogP contribution in [0.3, 0.4) is 0 Å². The predicted molar refractivity (Wildman–Crippen MR) is 488 cm³/mol. The summed E-state index contributed by atoms with van der Waals surface area (Å²) in [4.78, 5) is 58.6. The summed E-state index contributed by atoms with van der Waals surface area (Å²) in [5.41, 5.74) is 2.68. The van der Waals surface area contributed by atoms with Gasteiger partial charge in [0.2, 0.25) is 6.29 Å². The van der Waals surface area contributed by atoms with E-state index in [9.17, 15) is 9.59 Å². The van der Waals surface area contributed by atoms with E-state index in [0.717, 1.165) is 100 Å². The van der Waals surface area contributed by atoms with Gasteiger partial charge < -0.3 is 51.8 Å². The molecule has 0 saturated carbocycles. The molecular formula is C103H174O15Si. The van der Waals surface area contributed by atoms with Crippen LogP contribution in [0.4, 0.5) is 0 Å². The van der Waals surface area contributed by atoms with Gasteiger partial charge in [0.25, 0.3) is 0 Å². The van der Waals surface area contributed by atoms with Crippen LogP contribution >= 0.6 is 0 Å². The normalized spacial score (nSPS) is 19.6. The van der Waals surface area contributed by atoms with E-state index in [1.54, 1.807) is 0 Å². The number of carbonyl (C=O) groups is 4. The van der Waals surface area contributed by atoms with Gasteiger partial charge >= 0.3 is 23.9 Å². The standard InChI is InChI=1S/C103H174O15Si/c1-10-14-18-22-26-30-34-38-42-46-50-54-67-77-91(104)108-84-89-95(110-81-86-71-61-58-62-72-86)97(112-83-88-75-65-60-66-76-88)100(118-119(8,9)103(5,6)7)102(114-89)117-101-99(116-94(107)80-70-57-53-49-45-41-37-33-29-25-21-17-13-4)98(115-93(106)79-69-56-52-48-44-40-36-32-28-24-20-16-12-3)96(111-82-87-73-63-59-64-74-87)90(113-101)85-109-92(105)78-68-55-51-47-43-39-35-31-27-23-19-15-11-2/h58-66,71-76,89-90,95-102H,10-57,67-70,77-85H2,1-9H3/t89-,90-,95-,96-,97+,98+,99-,100-,101-,102-/m1/s1. The molecule has 119 heavy (non-hydrogen) atoms. The van der Waals surface area contributed by atoms with Gasteiger partial charge in [0.15, 0.2) is 26.8 Å². The molecule has 2 aliphatic rings. The number of carbonyl (C=O) groups excluding carboxylic acids is 4. The average Bonchev–Trinajstić information content (AvgIpc) is 0.754. The third-order valence-corrected chi connectivity index (χ3v) is 29.3. The van der Waals surface area contributed by atoms with Crippen LogP contribution in [0.1, 0.15) is 425 Å². The molecular weight excluding hydrogens is 1510 g/mol. The van der Waals surface area contributed by atoms with Crippen LogP contribution in [0.5, 0.6) is 0 Å². The topological polar surface area (TPSA) is 170 Å². The van der Waals surface area contributed by atoms with Gasteiger partial charge in [0, 0.05) is 25.7 Å². The van der Waals surface area contributed by atoms with Crippen LogP contribution in [0.15, 0.2) is 91.0 Å². The minimum Gasteiger partial charge on any atom is -0.463 e. The quantitative estimate of drug-likeness (QED) is 0.0226. The smallest absolute Gasteiger partial charge is 0.306 e. The molecule has 0 bridgehead atoms. The molecule has 16 heteroatoms. The summed E-state index contributed by atoms with van der Waals surface area (Å²) in [6.07, 6.45) is 49.4. The Bertz CT molecular complexity index is 2910. The summed E-state index contributed by atoms with van der Waals surface area (Å²) in [5, 5.41) is -0.355. The zero-order valence-electron chi connectivity index (χ0n) is 77.2. The third-order valence-electron chi connectivity index (χ3n) is 24.8. The molecule has 10 atom stereocenters. The van der Waals surface area contributed by atoms with Crippen LogP contribution in [0.25, 0.3) is 0 Å². The number of unbranched alkanes of at least 4 members (excludes halogenated alkanes) is 48. The van der Waals surface area contributed by atoms with Crippen molar-refractivity contribution < 1.29 is 71.0 Å². The Hall–Kier alpha value is -4.52.